The van der Waals surface area contributed by atoms with Crippen molar-refractivity contribution in [1.82, 2.24) is 5.32 Å². The minimum absolute atomic E-state index is 0.0219. The predicted molar refractivity (Wildman–Crippen MR) is 76.0 cm³/mol. The SMILES string of the molecule is Cc1oc(C)c(C(=O)NCC(=O)c2ccccc2)c1C. The first-order chi connectivity index (χ1) is 9.50. The van der Waals surface area contributed by atoms with E-state index in [9.17, 15) is 9.59 Å². The van der Waals surface area contributed by atoms with Crippen LogP contribution in [0, 0.1) is 20.8 Å². The minimum Gasteiger partial charge on any atom is -0.466 e. The monoisotopic (exact) mass is 271 g/mol. The molecule has 1 heterocycles. The van der Waals surface area contributed by atoms with Gasteiger partial charge in [-0.15, -0.1) is 0 Å². The molecule has 0 saturated carbocycles. The average Bonchev–Trinajstić information content (AvgIpc) is 2.70. The third-order valence-corrected chi connectivity index (χ3v) is 3.29. The second-order valence-corrected chi connectivity index (χ2v) is 4.69. The van der Waals surface area contributed by atoms with Crippen LogP contribution in [0.4, 0.5) is 0 Å². The number of aryl methyl sites for hydroxylation is 2. The first-order valence-electron chi connectivity index (χ1n) is 6.43. The molecule has 0 aliphatic heterocycles. The van der Waals surface area contributed by atoms with Crippen LogP contribution in [0.2, 0.25) is 0 Å². The van der Waals surface area contributed by atoms with E-state index in [0.29, 0.717) is 16.9 Å². The van der Waals surface area contributed by atoms with Gasteiger partial charge in [0.25, 0.3) is 5.91 Å². The Morgan fingerprint density at radius 1 is 1.05 bits per heavy atom. The van der Waals surface area contributed by atoms with Crippen LogP contribution in [0.25, 0.3) is 0 Å². The molecule has 20 heavy (non-hydrogen) atoms. The zero-order valence-corrected chi connectivity index (χ0v) is 11.8. The highest BCUT2D eigenvalue weighted by atomic mass is 16.3. The summed E-state index contributed by atoms with van der Waals surface area (Å²) in [6.07, 6.45) is 0. The van der Waals surface area contributed by atoms with Crippen LogP contribution in [0.15, 0.2) is 34.7 Å². The summed E-state index contributed by atoms with van der Waals surface area (Å²) < 4.78 is 5.41. The Morgan fingerprint density at radius 3 is 2.25 bits per heavy atom. The first kappa shape index (κ1) is 14.1. The van der Waals surface area contributed by atoms with Crippen molar-refractivity contribution in [3.05, 3.63) is 58.5 Å². The first-order valence-corrected chi connectivity index (χ1v) is 6.43. The number of amides is 1. The van der Waals surface area contributed by atoms with E-state index in [-0.39, 0.29) is 18.2 Å². The summed E-state index contributed by atoms with van der Waals surface area (Å²) in [7, 11) is 0. The zero-order chi connectivity index (χ0) is 14.7. The smallest absolute Gasteiger partial charge is 0.255 e. The van der Waals surface area contributed by atoms with Gasteiger partial charge in [0, 0.05) is 11.1 Å². The molecule has 0 radical (unpaired) electrons. The molecule has 0 atom stereocenters. The number of furan rings is 1. The van der Waals surface area contributed by atoms with Crippen LogP contribution in [0.1, 0.15) is 37.8 Å². The highest BCUT2D eigenvalue weighted by Gasteiger charge is 2.19. The molecule has 0 aliphatic rings. The maximum atomic E-state index is 12.1. The number of hydrogen-bond donors (Lipinski definition) is 1. The number of nitrogens with one attached hydrogen (secondary N) is 1. The van der Waals surface area contributed by atoms with Crippen molar-refractivity contribution in [3.8, 4) is 0 Å². The molecule has 1 N–H and O–H groups in total. The average molecular weight is 271 g/mol. The zero-order valence-electron chi connectivity index (χ0n) is 11.8. The van der Waals surface area contributed by atoms with Gasteiger partial charge in [0.1, 0.15) is 11.5 Å². The molecular weight excluding hydrogens is 254 g/mol. The number of ketones is 1. The van der Waals surface area contributed by atoms with Gasteiger partial charge in [-0.1, -0.05) is 30.3 Å². The summed E-state index contributed by atoms with van der Waals surface area (Å²) in [4.78, 5) is 24.0. The van der Waals surface area contributed by atoms with Gasteiger partial charge < -0.3 is 9.73 Å². The molecule has 0 spiro atoms. The lowest BCUT2D eigenvalue weighted by Crippen LogP contribution is -2.30. The molecule has 2 rings (SSSR count). The summed E-state index contributed by atoms with van der Waals surface area (Å²) in [5.74, 6) is 0.905. The Hall–Kier alpha value is -2.36. The van der Waals surface area contributed by atoms with Crippen LogP contribution in [0.5, 0.6) is 0 Å². The normalized spacial score (nSPS) is 10.3. The molecule has 0 aliphatic carbocycles. The molecule has 0 fully saturated rings. The molecule has 0 unspecified atom stereocenters. The van der Waals surface area contributed by atoms with E-state index < -0.39 is 0 Å². The van der Waals surface area contributed by atoms with E-state index in [1.165, 1.54) is 0 Å². The van der Waals surface area contributed by atoms with Crippen LogP contribution < -0.4 is 5.32 Å². The number of Topliss-reactive ketones (excluding diaryl/α,β-unsaturated/α-hetero) is 1. The Balaban J connectivity index is 2.04. The maximum Gasteiger partial charge on any atom is 0.255 e. The predicted octanol–water partition coefficient (Wildman–Crippen LogP) is 2.82. The van der Waals surface area contributed by atoms with Gasteiger partial charge in [-0.2, -0.15) is 0 Å². The number of carbonyl (C=O) groups excluding carboxylic acids is 2. The molecule has 1 aromatic carbocycles. The fourth-order valence-electron chi connectivity index (χ4n) is 2.10. The van der Waals surface area contributed by atoms with E-state index in [4.69, 9.17) is 4.42 Å². The molecule has 104 valence electrons. The lowest BCUT2D eigenvalue weighted by molar-refractivity contribution is 0.0902. The van der Waals surface area contributed by atoms with E-state index in [1.807, 2.05) is 19.9 Å². The third-order valence-electron chi connectivity index (χ3n) is 3.29. The molecule has 1 aromatic heterocycles. The van der Waals surface area contributed by atoms with E-state index in [1.54, 1.807) is 31.2 Å². The number of carbonyl (C=O) groups is 2. The summed E-state index contributed by atoms with van der Waals surface area (Å²) in [6, 6.07) is 8.89. The van der Waals surface area contributed by atoms with E-state index in [0.717, 1.165) is 11.3 Å². The number of rotatable bonds is 4. The second kappa shape index (κ2) is 5.74. The van der Waals surface area contributed by atoms with Gasteiger partial charge in [-0.3, -0.25) is 9.59 Å². The number of hydrogen-bond acceptors (Lipinski definition) is 3. The summed E-state index contributed by atoms with van der Waals surface area (Å²) in [5.41, 5.74) is 1.92. The van der Waals surface area contributed by atoms with Crippen LogP contribution in [-0.2, 0) is 0 Å². The minimum atomic E-state index is -0.277. The second-order valence-electron chi connectivity index (χ2n) is 4.69. The van der Waals surface area contributed by atoms with Crippen molar-refractivity contribution >= 4 is 11.7 Å². The Labute approximate surface area is 117 Å². The van der Waals surface area contributed by atoms with E-state index in [2.05, 4.69) is 5.32 Å². The quantitative estimate of drug-likeness (QED) is 0.870. The largest absolute Gasteiger partial charge is 0.466 e. The number of benzene rings is 1. The van der Waals surface area contributed by atoms with E-state index >= 15 is 0 Å². The van der Waals surface area contributed by atoms with Gasteiger partial charge >= 0.3 is 0 Å². The van der Waals surface area contributed by atoms with Gasteiger partial charge in [0.15, 0.2) is 5.78 Å². The molecule has 1 amide bonds. The highest BCUT2D eigenvalue weighted by molar-refractivity contribution is 6.03. The molecule has 2 aromatic rings. The molecule has 4 nitrogen and oxygen atoms in total. The van der Waals surface area contributed by atoms with Gasteiger partial charge in [-0.05, 0) is 20.8 Å². The molecule has 4 heteroatoms. The Bertz CT molecular complexity index is 641. The lowest BCUT2D eigenvalue weighted by atomic mass is 10.1. The summed E-state index contributed by atoms with van der Waals surface area (Å²) in [6.45, 7) is 5.37. The summed E-state index contributed by atoms with van der Waals surface area (Å²) in [5, 5.41) is 2.64. The van der Waals surface area contributed by atoms with Crippen molar-refractivity contribution in [2.75, 3.05) is 6.54 Å². The van der Waals surface area contributed by atoms with Crippen molar-refractivity contribution in [2.24, 2.45) is 0 Å². The third kappa shape index (κ3) is 2.79. The topological polar surface area (TPSA) is 59.3 Å². The maximum absolute atomic E-state index is 12.1. The molecule has 0 bridgehead atoms. The van der Waals surface area contributed by atoms with Crippen molar-refractivity contribution in [2.45, 2.75) is 20.8 Å². The Kier molecular flexibility index (Phi) is 4.03. The van der Waals surface area contributed by atoms with Crippen LogP contribution in [0.3, 0.4) is 0 Å². The highest BCUT2D eigenvalue weighted by Crippen LogP contribution is 2.20. The van der Waals surface area contributed by atoms with Crippen molar-refractivity contribution in [3.63, 3.8) is 0 Å². The molecular formula is C16H17NO3. The fourth-order valence-corrected chi connectivity index (χ4v) is 2.10. The van der Waals surface area contributed by atoms with Crippen molar-refractivity contribution in [1.29, 1.82) is 0 Å². The summed E-state index contributed by atoms with van der Waals surface area (Å²) >= 11 is 0. The van der Waals surface area contributed by atoms with Gasteiger partial charge in [-0.25, -0.2) is 0 Å². The standard InChI is InChI=1S/C16H17NO3/c1-10-11(2)20-12(3)15(10)16(19)17-9-14(18)13-7-5-4-6-8-13/h4-8H,9H2,1-3H3,(H,17,19). The van der Waals surface area contributed by atoms with Gasteiger partial charge in [0.2, 0.25) is 0 Å². The lowest BCUT2D eigenvalue weighted by Gasteiger charge is -2.05. The van der Waals surface area contributed by atoms with Crippen molar-refractivity contribution < 1.29 is 14.0 Å². The molecule has 0 saturated heterocycles. The van der Waals surface area contributed by atoms with Crippen LogP contribution in [-0.4, -0.2) is 18.2 Å². The van der Waals surface area contributed by atoms with Crippen LogP contribution >= 0.6 is 0 Å². The van der Waals surface area contributed by atoms with Gasteiger partial charge in [0.05, 0.1) is 12.1 Å². The Morgan fingerprint density at radius 2 is 1.70 bits per heavy atom. The fraction of sp³-hybridized carbons (Fsp3) is 0.250.